The molecule has 8 heteroatoms. The van der Waals surface area contributed by atoms with E-state index in [4.69, 9.17) is 5.11 Å². The van der Waals surface area contributed by atoms with Crippen LogP contribution < -0.4 is 0 Å². The molecule has 1 aliphatic rings. The third-order valence-corrected chi connectivity index (χ3v) is 7.92. The summed E-state index contributed by atoms with van der Waals surface area (Å²) in [5.74, 6) is -1.11. The monoisotopic (exact) mass is 395 g/mol. The molecule has 0 spiro atoms. The molecular formula is C13H18BrNO4S2. The van der Waals surface area contributed by atoms with Crippen molar-refractivity contribution in [2.24, 2.45) is 5.41 Å². The number of carboxylic acids is 1. The number of rotatable bonds is 3. The van der Waals surface area contributed by atoms with Crippen LogP contribution in [0.25, 0.3) is 0 Å². The molecule has 0 amide bonds. The maximum atomic E-state index is 12.7. The third-order valence-electron chi connectivity index (χ3n) is 3.78. The van der Waals surface area contributed by atoms with Crippen LogP contribution in [0, 0.1) is 5.41 Å². The minimum absolute atomic E-state index is 0.0237. The van der Waals surface area contributed by atoms with Crippen molar-refractivity contribution in [3.05, 3.63) is 14.7 Å². The van der Waals surface area contributed by atoms with Crippen LogP contribution in [0.15, 0.2) is 14.7 Å². The van der Waals surface area contributed by atoms with Crippen molar-refractivity contribution in [1.82, 2.24) is 4.31 Å². The minimum atomic E-state index is -3.65. The second-order valence-corrected chi connectivity index (χ2v) is 10.3. The van der Waals surface area contributed by atoms with Crippen molar-refractivity contribution < 1.29 is 18.3 Å². The van der Waals surface area contributed by atoms with Crippen molar-refractivity contribution in [1.29, 1.82) is 0 Å². The fourth-order valence-electron chi connectivity index (χ4n) is 2.41. The van der Waals surface area contributed by atoms with E-state index in [9.17, 15) is 13.2 Å². The maximum absolute atomic E-state index is 12.7. The van der Waals surface area contributed by atoms with E-state index < -0.39 is 16.0 Å². The Hall–Kier alpha value is -0.440. The molecule has 0 aromatic carbocycles. The summed E-state index contributed by atoms with van der Waals surface area (Å²) in [6.07, 6.45) is 2.61. The molecule has 0 aliphatic carbocycles. The summed E-state index contributed by atoms with van der Waals surface area (Å²) in [4.78, 5) is 11.1. The van der Waals surface area contributed by atoms with Gasteiger partial charge in [-0.2, -0.15) is 4.31 Å². The molecule has 0 bridgehead atoms. The standard InChI is InChI=1S/C13H18BrNO4S2/c1-13(2)4-3-6-15(7-5-13)21(18,19)10-8-9(12(16)17)20-11(10)14/h8H,3-7H2,1-2H3,(H,16,17). The van der Waals surface area contributed by atoms with Gasteiger partial charge in [0.05, 0.1) is 3.79 Å². The van der Waals surface area contributed by atoms with Crippen LogP contribution in [0.5, 0.6) is 0 Å². The summed E-state index contributed by atoms with van der Waals surface area (Å²) in [7, 11) is -3.65. The summed E-state index contributed by atoms with van der Waals surface area (Å²) in [5.41, 5.74) is 0.141. The highest BCUT2D eigenvalue weighted by atomic mass is 79.9. The molecule has 0 unspecified atom stereocenters. The van der Waals surface area contributed by atoms with Gasteiger partial charge in [0.15, 0.2) is 0 Å². The Kier molecular flexibility index (Phi) is 4.82. The van der Waals surface area contributed by atoms with Crippen LogP contribution in [0.4, 0.5) is 0 Å². The lowest BCUT2D eigenvalue weighted by Crippen LogP contribution is -2.32. The molecule has 5 nitrogen and oxygen atoms in total. The number of sulfonamides is 1. The number of carboxylic acid groups (broad SMARTS) is 1. The molecule has 21 heavy (non-hydrogen) atoms. The second kappa shape index (κ2) is 5.98. The fourth-order valence-corrected chi connectivity index (χ4v) is 6.24. The van der Waals surface area contributed by atoms with Crippen LogP contribution in [0.1, 0.15) is 42.8 Å². The SMILES string of the molecule is CC1(C)CCCN(S(=O)(=O)c2cc(C(=O)O)sc2Br)CC1. The molecule has 0 atom stereocenters. The number of hydrogen-bond acceptors (Lipinski definition) is 4. The molecule has 1 aromatic heterocycles. The molecule has 118 valence electrons. The summed E-state index contributed by atoms with van der Waals surface area (Å²) < 4.78 is 27.3. The number of thiophene rings is 1. The molecule has 1 N–H and O–H groups in total. The summed E-state index contributed by atoms with van der Waals surface area (Å²) in [6, 6.07) is 1.24. The smallest absolute Gasteiger partial charge is 0.345 e. The van der Waals surface area contributed by atoms with E-state index >= 15 is 0 Å². The number of halogens is 1. The summed E-state index contributed by atoms with van der Waals surface area (Å²) in [6.45, 7) is 5.24. The van der Waals surface area contributed by atoms with E-state index in [1.54, 1.807) is 0 Å². The second-order valence-electron chi connectivity index (χ2n) is 5.98. The molecule has 1 aromatic rings. The molecular weight excluding hydrogens is 378 g/mol. The van der Waals surface area contributed by atoms with Crippen molar-refractivity contribution >= 4 is 43.3 Å². The molecule has 1 fully saturated rings. The van der Waals surface area contributed by atoms with Gasteiger partial charge in [-0.05, 0) is 46.7 Å². The number of aromatic carboxylic acids is 1. The number of carbonyl (C=O) groups is 1. The third kappa shape index (κ3) is 3.67. The van der Waals surface area contributed by atoms with Gasteiger partial charge >= 0.3 is 5.97 Å². The Bertz CT molecular complexity index is 651. The van der Waals surface area contributed by atoms with Gasteiger partial charge in [0.25, 0.3) is 0 Å². The number of hydrogen-bond donors (Lipinski definition) is 1. The van der Waals surface area contributed by atoms with E-state index in [-0.39, 0.29) is 15.2 Å². The first kappa shape index (κ1) is 16.9. The van der Waals surface area contributed by atoms with Crippen LogP contribution in [0.3, 0.4) is 0 Å². The highest BCUT2D eigenvalue weighted by molar-refractivity contribution is 9.11. The van der Waals surface area contributed by atoms with Gasteiger partial charge in [0, 0.05) is 13.1 Å². The predicted molar refractivity (Wildman–Crippen MR) is 85.4 cm³/mol. The van der Waals surface area contributed by atoms with E-state index in [1.807, 2.05) is 0 Å². The van der Waals surface area contributed by atoms with E-state index in [0.717, 1.165) is 30.6 Å². The summed E-state index contributed by atoms with van der Waals surface area (Å²) >= 11 is 4.11. The Morgan fingerprint density at radius 1 is 1.38 bits per heavy atom. The first-order chi connectivity index (χ1) is 9.63. The lowest BCUT2D eigenvalue weighted by molar-refractivity contribution is 0.0702. The minimum Gasteiger partial charge on any atom is -0.477 e. The van der Waals surface area contributed by atoms with Crippen molar-refractivity contribution in [2.45, 2.75) is 38.0 Å². The topological polar surface area (TPSA) is 74.7 Å². The Balaban J connectivity index is 2.31. The van der Waals surface area contributed by atoms with Gasteiger partial charge in [-0.1, -0.05) is 13.8 Å². The zero-order valence-corrected chi connectivity index (χ0v) is 15.1. The molecule has 0 saturated carbocycles. The highest BCUT2D eigenvalue weighted by Gasteiger charge is 2.33. The molecule has 1 saturated heterocycles. The molecule has 2 rings (SSSR count). The van der Waals surface area contributed by atoms with Crippen molar-refractivity contribution in [3.8, 4) is 0 Å². The van der Waals surface area contributed by atoms with Gasteiger partial charge in [-0.25, -0.2) is 13.2 Å². The van der Waals surface area contributed by atoms with Gasteiger partial charge in [-0.15, -0.1) is 11.3 Å². The molecule has 1 aliphatic heterocycles. The van der Waals surface area contributed by atoms with Gasteiger partial charge in [-0.3, -0.25) is 0 Å². The van der Waals surface area contributed by atoms with Crippen molar-refractivity contribution in [2.75, 3.05) is 13.1 Å². The molecule has 2 heterocycles. The largest absolute Gasteiger partial charge is 0.477 e. The van der Waals surface area contributed by atoms with Crippen molar-refractivity contribution in [3.63, 3.8) is 0 Å². The average molecular weight is 396 g/mol. The normalized spacial score (nSPS) is 20.1. The number of nitrogens with zero attached hydrogens (tertiary/aromatic N) is 1. The zero-order chi connectivity index (χ0) is 15.8. The van der Waals surface area contributed by atoms with Gasteiger partial charge < -0.3 is 5.11 Å². The Morgan fingerprint density at radius 2 is 2.05 bits per heavy atom. The predicted octanol–water partition coefficient (Wildman–Crippen LogP) is 3.41. The lowest BCUT2D eigenvalue weighted by atomic mass is 9.85. The molecule has 0 radical (unpaired) electrons. The zero-order valence-electron chi connectivity index (χ0n) is 11.9. The fraction of sp³-hybridized carbons (Fsp3) is 0.615. The van der Waals surface area contributed by atoms with E-state index in [2.05, 4.69) is 29.8 Å². The quantitative estimate of drug-likeness (QED) is 0.850. The Labute approximate surface area is 137 Å². The van der Waals surface area contributed by atoms with Crippen LogP contribution in [0.2, 0.25) is 0 Å². The Morgan fingerprint density at radius 3 is 2.62 bits per heavy atom. The average Bonchev–Trinajstić information content (AvgIpc) is 2.66. The van der Waals surface area contributed by atoms with Gasteiger partial charge in [0.2, 0.25) is 10.0 Å². The maximum Gasteiger partial charge on any atom is 0.345 e. The van der Waals surface area contributed by atoms with E-state index in [0.29, 0.717) is 16.9 Å². The highest BCUT2D eigenvalue weighted by Crippen LogP contribution is 2.36. The summed E-state index contributed by atoms with van der Waals surface area (Å²) in [5, 5.41) is 8.99. The van der Waals surface area contributed by atoms with Crippen LogP contribution in [-0.4, -0.2) is 36.9 Å². The van der Waals surface area contributed by atoms with Gasteiger partial charge in [0.1, 0.15) is 9.77 Å². The lowest BCUT2D eigenvalue weighted by Gasteiger charge is -2.23. The van der Waals surface area contributed by atoms with Crippen LogP contribution >= 0.6 is 27.3 Å². The first-order valence-corrected chi connectivity index (χ1v) is 9.71. The van der Waals surface area contributed by atoms with Crippen LogP contribution in [-0.2, 0) is 10.0 Å². The first-order valence-electron chi connectivity index (χ1n) is 6.66. The van der Waals surface area contributed by atoms with E-state index in [1.165, 1.54) is 10.4 Å².